The largest absolute Gasteiger partial charge is 0.456 e. The Bertz CT molecular complexity index is 3160. The highest BCUT2D eigenvalue weighted by Gasteiger charge is 2.20. The number of hydrogen-bond donors (Lipinski definition) is 0. The van der Waals surface area contributed by atoms with Crippen LogP contribution in [0.4, 0.5) is 0 Å². The molecule has 214 valence electrons. The molecule has 2 heteroatoms. The quantitative estimate of drug-likeness (QED) is 0.190. The zero-order chi connectivity index (χ0) is 37.2. The number of rotatable bonds is 3. The van der Waals surface area contributed by atoms with Crippen molar-refractivity contribution in [2.75, 3.05) is 0 Å². The molecule has 0 saturated heterocycles. The SMILES string of the molecule is [2H]c1c([2H])c([2H])c2c(-c3ccc4oc5ccc6oc7ccccc7c6c5c4c3)c3c([2H])c([2H])c([2H])c([2H])c3c(-c3ccc(-c4ccccc4)cc3)c2c1[2H]. The Balaban J connectivity index is 1.38. The molecule has 10 rings (SSSR count). The Hall–Kier alpha value is -6.12. The summed E-state index contributed by atoms with van der Waals surface area (Å²) in [6.07, 6.45) is 0. The summed E-state index contributed by atoms with van der Waals surface area (Å²) < 4.78 is 84.9. The molecular weight excluding hydrogens is 560 g/mol. The fourth-order valence-corrected chi connectivity index (χ4v) is 6.90. The third-order valence-corrected chi connectivity index (χ3v) is 8.92. The summed E-state index contributed by atoms with van der Waals surface area (Å²) in [6.45, 7) is 0. The molecule has 0 saturated carbocycles. The standard InChI is InChI=1S/C44H26O2/c1-2-10-27(11-3-1)28-18-20-29(21-19-28)41-31-12-4-6-14-33(31)42(34-15-7-5-13-32(34)41)30-22-23-38-36(26-30)44-40(46-38)25-24-39-43(44)35-16-8-9-17-37(35)45-39/h1-26H/i4D,5D,6D,7D,12D,13D,14D,15D. The van der Waals surface area contributed by atoms with Crippen molar-refractivity contribution >= 4 is 65.4 Å². The van der Waals surface area contributed by atoms with Crippen LogP contribution in [0.3, 0.4) is 0 Å². The van der Waals surface area contributed by atoms with Gasteiger partial charge in [-0.25, -0.2) is 0 Å². The average molecular weight is 595 g/mol. The summed E-state index contributed by atoms with van der Waals surface area (Å²) in [5, 5.41) is 3.96. The second-order valence-electron chi connectivity index (χ2n) is 11.4. The molecule has 2 heterocycles. The van der Waals surface area contributed by atoms with Gasteiger partial charge in [-0.05, 0) is 85.3 Å². The third kappa shape index (κ3) is 3.65. The van der Waals surface area contributed by atoms with Crippen LogP contribution in [0.15, 0.2) is 166 Å². The molecule has 0 N–H and O–H groups in total. The second-order valence-corrected chi connectivity index (χ2v) is 11.4. The first kappa shape index (κ1) is 18.6. The molecule has 8 aromatic carbocycles. The van der Waals surface area contributed by atoms with Crippen LogP contribution in [-0.4, -0.2) is 0 Å². The molecule has 0 unspecified atom stereocenters. The van der Waals surface area contributed by atoms with E-state index in [-0.39, 0.29) is 51.3 Å². The van der Waals surface area contributed by atoms with E-state index in [0.29, 0.717) is 33.4 Å². The topological polar surface area (TPSA) is 26.3 Å². The summed E-state index contributed by atoms with van der Waals surface area (Å²) in [4.78, 5) is 0. The zero-order valence-electron chi connectivity index (χ0n) is 32.2. The van der Waals surface area contributed by atoms with Crippen molar-refractivity contribution in [1.29, 1.82) is 0 Å². The van der Waals surface area contributed by atoms with Crippen LogP contribution < -0.4 is 0 Å². The van der Waals surface area contributed by atoms with Gasteiger partial charge < -0.3 is 8.83 Å². The molecule has 0 amide bonds. The van der Waals surface area contributed by atoms with Gasteiger partial charge in [0.2, 0.25) is 0 Å². The predicted octanol–water partition coefficient (Wildman–Crippen LogP) is 12.8. The lowest BCUT2D eigenvalue weighted by Crippen LogP contribution is -1.91. The van der Waals surface area contributed by atoms with E-state index in [2.05, 4.69) is 0 Å². The van der Waals surface area contributed by atoms with Gasteiger partial charge in [0, 0.05) is 21.5 Å². The van der Waals surface area contributed by atoms with Crippen LogP contribution in [-0.2, 0) is 0 Å². The lowest BCUT2D eigenvalue weighted by Gasteiger charge is -2.18. The Labute approximate surface area is 276 Å². The number of hydrogen-bond acceptors (Lipinski definition) is 2. The lowest BCUT2D eigenvalue weighted by molar-refractivity contribution is 0.663. The molecule has 0 aliphatic carbocycles. The number of furan rings is 2. The first-order valence-corrected chi connectivity index (χ1v) is 15.0. The molecule has 2 aromatic heterocycles. The van der Waals surface area contributed by atoms with E-state index in [9.17, 15) is 5.48 Å². The molecule has 10 aromatic rings. The van der Waals surface area contributed by atoms with Crippen molar-refractivity contribution in [3.63, 3.8) is 0 Å². The van der Waals surface area contributed by atoms with Gasteiger partial charge in [-0.15, -0.1) is 0 Å². The highest BCUT2D eigenvalue weighted by molar-refractivity contribution is 6.27. The number of fused-ring (bicyclic) bond motifs is 9. The van der Waals surface area contributed by atoms with E-state index in [0.717, 1.165) is 38.3 Å². The molecule has 0 bridgehead atoms. The van der Waals surface area contributed by atoms with Crippen LogP contribution in [0.1, 0.15) is 11.0 Å². The molecule has 0 aliphatic rings. The van der Waals surface area contributed by atoms with Crippen molar-refractivity contribution in [1.82, 2.24) is 0 Å². The minimum absolute atomic E-state index is 0.159. The van der Waals surface area contributed by atoms with Gasteiger partial charge in [-0.2, -0.15) is 0 Å². The smallest absolute Gasteiger partial charge is 0.136 e. The van der Waals surface area contributed by atoms with E-state index < -0.39 is 24.2 Å². The molecule has 0 atom stereocenters. The highest BCUT2D eigenvalue weighted by atomic mass is 16.3. The molecular formula is C44H26O2. The maximum atomic E-state index is 9.34. The maximum Gasteiger partial charge on any atom is 0.136 e. The van der Waals surface area contributed by atoms with E-state index in [1.807, 2.05) is 97.1 Å². The zero-order valence-corrected chi connectivity index (χ0v) is 24.2. The Morgan fingerprint density at radius 1 is 0.348 bits per heavy atom. The van der Waals surface area contributed by atoms with Gasteiger partial charge in [0.25, 0.3) is 0 Å². The van der Waals surface area contributed by atoms with Gasteiger partial charge >= 0.3 is 0 Å². The molecule has 0 aliphatic heterocycles. The number of benzene rings is 8. The maximum absolute atomic E-state index is 9.34. The summed E-state index contributed by atoms with van der Waals surface area (Å²) in [5.74, 6) is 0. The van der Waals surface area contributed by atoms with Crippen molar-refractivity contribution in [2.45, 2.75) is 0 Å². The van der Waals surface area contributed by atoms with Gasteiger partial charge in [0.05, 0.1) is 11.0 Å². The lowest BCUT2D eigenvalue weighted by atomic mass is 9.85. The first-order chi connectivity index (χ1) is 26.1. The molecule has 0 fully saturated rings. The van der Waals surface area contributed by atoms with Crippen molar-refractivity contribution in [3.05, 3.63) is 158 Å². The summed E-state index contributed by atoms with van der Waals surface area (Å²) in [6, 6.07) is 31.2. The van der Waals surface area contributed by atoms with Crippen molar-refractivity contribution in [2.24, 2.45) is 0 Å². The van der Waals surface area contributed by atoms with Gasteiger partial charge in [0.15, 0.2) is 0 Å². The minimum Gasteiger partial charge on any atom is -0.456 e. The van der Waals surface area contributed by atoms with Crippen molar-refractivity contribution < 1.29 is 19.8 Å². The summed E-state index contributed by atoms with van der Waals surface area (Å²) >= 11 is 0. The Kier molecular flexibility index (Phi) is 3.92. The van der Waals surface area contributed by atoms with Crippen molar-refractivity contribution in [3.8, 4) is 33.4 Å². The van der Waals surface area contributed by atoms with Gasteiger partial charge in [-0.3, -0.25) is 0 Å². The van der Waals surface area contributed by atoms with Crippen LogP contribution in [0.25, 0.3) is 98.8 Å². The average Bonchev–Trinajstić information content (AvgIpc) is 3.77. The molecule has 46 heavy (non-hydrogen) atoms. The van der Waals surface area contributed by atoms with Gasteiger partial charge in [-0.1, -0.05) is 127 Å². The number of para-hydroxylation sites is 1. The van der Waals surface area contributed by atoms with E-state index in [4.69, 9.17) is 14.3 Å². The van der Waals surface area contributed by atoms with Crippen LogP contribution >= 0.6 is 0 Å². The van der Waals surface area contributed by atoms with E-state index in [1.165, 1.54) is 0 Å². The van der Waals surface area contributed by atoms with E-state index >= 15 is 0 Å². The van der Waals surface area contributed by atoms with Crippen LogP contribution in [0.5, 0.6) is 0 Å². The molecule has 2 nitrogen and oxygen atoms in total. The normalized spacial score (nSPS) is 14.3. The van der Waals surface area contributed by atoms with Crippen LogP contribution in [0.2, 0.25) is 0 Å². The minimum atomic E-state index is -0.444. The van der Waals surface area contributed by atoms with Gasteiger partial charge in [0.1, 0.15) is 22.3 Å². The first-order valence-electron chi connectivity index (χ1n) is 19.0. The van der Waals surface area contributed by atoms with E-state index in [1.54, 1.807) is 12.1 Å². The Morgan fingerprint density at radius 2 is 0.804 bits per heavy atom. The summed E-state index contributed by atoms with van der Waals surface area (Å²) in [7, 11) is 0. The highest BCUT2D eigenvalue weighted by Crippen LogP contribution is 2.46. The van der Waals surface area contributed by atoms with Crippen LogP contribution in [0, 0.1) is 0 Å². The molecule has 0 radical (unpaired) electrons. The fourth-order valence-electron chi connectivity index (χ4n) is 6.90. The monoisotopic (exact) mass is 594 g/mol. The fraction of sp³-hybridized carbons (Fsp3) is 0. The third-order valence-electron chi connectivity index (χ3n) is 8.92. The predicted molar refractivity (Wildman–Crippen MR) is 192 cm³/mol. The summed E-state index contributed by atoms with van der Waals surface area (Å²) in [5.41, 5.74) is 6.18. The molecule has 0 spiro atoms. The Morgan fingerprint density at radius 3 is 1.46 bits per heavy atom. The second kappa shape index (κ2) is 9.69.